The molecule has 1 aromatic heterocycles. The number of hydrogen-bond acceptors (Lipinski definition) is 5. The van der Waals surface area contributed by atoms with Crippen LogP contribution in [-0.2, 0) is 22.4 Å². The number of nitrogens with one attached hydrogen (secondary N) is 1. The Balaban J connectivity index is 1.83. The standard InChI is InChI=1S/C17H24N2O3S/c1-19-9-5-6-11(10-19)15(20)18-16-14(17(21)22-2)12-7-3-4-8-13(12)23-16/h11H,3-10H2,1-2H3,(H,18,20)/t11-/m1/s1. The minimum Gasteiger partial charge on any atom is -0.465 e. The van der Waals surface area contributed by atoms with Crippen molar-refractivity contribution in [1.82, 2.24) is 4.90 Å². The lowest BCUT2D eigenvalue weighted by molar-refractivity contribution is -0.121. The predicted octanol–water partition coefficient (Wildman–Crippen LogP) is 2.69. The Hall–Kier alpha value is -1.40. The Kier molecular flexibility index (Phi) is 5.02. The molecule has 1 aliphatic heterocycles. The average molecular weight is 336 g/mol. The largest absolute Gasteiger partial charge is 0.465 e. The summed E-state index contributed by atoms with van der Waals surface area (Å²) in [4.78, 5) is 28.2. The van der Waals surface area contributed by atoms with Crippen LogP contribution in [-0.4, -0.2) is 44.0 Å². The zero-order chi connectivity index (χ0) is 16.4. The summed E-state index contributed by atoms with van der Waals surface area (Å²) in [7, 11) is 3.44. The number of carbonyl (C=O) groups excluding carboxylic acids is 2. The van der Waals surface area contributed by atoms with Crippen molar-refractivity contribution >= 4 is 28.2 Å². The normalized spacial score (nSPS) is 21.6. The summed E-state index contributed by atoms with van der Waals surface area (Å²) in [5, 5.41) is 3.71. The molecule has 5 nitrogen and oxygen atoms in total. The maximum absolute atomic E-state index is 12.6. The van der Waals surface area contributed by atoms with E-state index in [0.29, 0.717) is 10.6 Å². The number of esters is 1. The number of aryl methyl sites for hydroxylation is 1. The van der Waals surface area contributed by atoms with Crippen LogP contribution in [0.4, 0.5) is 5.00 Å². The van der Waals surface area contributed by atoms with Gasteiger partial charge >= 0.3 is 5.97 Å². The van der Waals surface area contributed by atoms with E-state index < -0.39 is 0 Å². The number of amides is 1. The van der Waals surface area contributed by atoms with Crippen molar-refractivity contribution in [2.24, 2.45) is 5.92 Å². The highest BCUT2D eigenvalue weighted by Crippen LogP contribution is 2.38. The van der Waals surface area contributed by atoms with Crippen LogP contribution < -0.4 is 5.32 Å². The highest BCUT2D eigenvalue weighted by atomic mass is 32.1. The summed E-state index contributed by atoms with van der Waals surface area (Å²) < 4.78 is 4.95. The molecule has 1 N–H and O–H groups in total. The van der Waals surface area contributed by atoms with Gasteiger partial charge in [-0.25, -0.2) is 4.79 Å². The van der Waals surface area contributed by atoms with Gasteiger partial charge in [0.1, 0.15) is 5.00 Å². The number of nitrogens with zero attached hydrogens (tertiary/aromatic N) is 1. The van der Waals surface area contributed by atoms with Crippen molar-refractivity contribution in [3.05, 3.63) is 16.0 Å². The molecule has 1 saturated heterocycles. The van der Waals surface area contributed by atoms with E-state index in [2.05, 4.69) is 10.2 Å². The molecule has 0 aromatic carbocycles. The third-order valence-corrected chi connectivity index (χ3v) is 6.00. The van der Waals surface area contributed by atoms with E-state index in [4.69, 9.17) is 4.74 Å². The van der Waals surface area contributed by atoms with Crippen LogP contribution in [0.15, 0.2) is 0 Å². The Morgan fingerprint density at radius 1 is 1.26 bits per heavy atom. The van der Waals surface area contributed by atoms with E-state index in [0.717, 1.165) is 57.2 Å². The second-order valence-electron chi connectivity index (χ2n) is 6.50. The molecule has 1 atom stereocenters. The van der Waals surface area contributed by atoms with Crippen LogP contribution in [0.5, 0.6) is 0 Å². The molecule has 2 heterocycles. The van der Waals surface area contributed by atoms with Crippen LogP contribution in [0.2, 0.25) is 0 Å². The maximum Gasteiger partial charge on any atom is 0.341 e. The van der Waals surface area contributed by atoms with E-state index in [1.165, 1.54) is 12.0 Å². The Morgan fingerprint density at radius 3 is 2.78 bits per heavy atom. The fourth-order valence-corrected chi connectivity index (χ4v) is 4.85. The van der Waals surface area contributed by atoms with Gasteiger partial charge in [-0.1, -0.05) is 0 Å². The van der Waals surface area contributed by atoms with Gasteiger partial charge in [0.2, 0.25) is 5.91 Å². The number of likely N-dealkylation sites (tertiary alicyclic amines) is 1. The van der Waals surface area contributed by atoms with Crippen LogP contribution in [0.3, 0.4) is 0 Å². The zero-order valence-corrected chi connectivity index (χ0v) is 14.6. The van der Waals surface area contributed by atoms with Gasteiger partial charge in [0.15, 0.2) is 0 Å². The first-order valence-corrected chi connectivity index (χ1v) is 9.14. The molecule has 0 unspecified atom stereocenters. The second-order valence-corrected chi connectivity index (χ2v) is 7.60. The quantitative estimate of drug-likeness (QED) is 0.862. The number of carbonyl (C=O) groups is 2. The first kappa shape index (κ1) is 16.5. The molecule has 126 valence electrons. The smallest absolute Gasteiger partial charge is 0.341 e. The van der Waals surface area contributed by atoms with Gasteiger partial charge in [-0.15, -0.1) is 11.3 Å². The SMILES string of the molecule is COC(=O)c1c(NC(=O)[C@@H]2CCCN(C)C2)sc2c1CCCC2. The van der Waals surface area contributed by atoms with Crippen molar-refractivity contribution in [3.8, 4) is 0 Å². The third kappa shape index (κ3) is 3.43. The number of rotatable bonds is 3. The molecule has 1 amide bonds. The van der Waals surface area contributed by atoms with Crippen LogP contribution in [0, 0.1) is 5.92 Å². The molecule has 6 heteroatoms. The van der Waals surface area contributed by atoms with Gasteiger partial charge in [0.25, 0.3) is 0 Å². The summed E-state index contributed by atoms with van der Waals surface area (Å²) in [6.07, 6.45) is 6.09. The van der Waals surface area contributed by atoms with Crippen LogP contribution in [0.1, 0.15) is 46.5 Å². The molecular formula is C17H24N2O3S. The summed E-state index contributed by atoms with van der Waals surface area (Å²) >= 11 is 1.55. The van der Waals surface area contributed by atoms with Gasteiger partial charge in [0.05, 0.1) is 18.6 Å². The molecule has 0 spiro atoms. The Labute approximate surface area is 141 Å². The van der Waals surface area contributed by atoms with E-state index >= 15 is 0 Å². The van der Waals surface area contributed by atoms with Crippen molar-refractivity contribution in [3.63, 3.8) is 0 Å². The predicted molar refractivity (Wildman–Crippen MR) is 91.2 cm³/mol. The number of fused-ring (bicyclic) bond motifs is 1. The highest BCUT2D eigenvalue weighted by Gasteiger charge is 2.29. The third-order valence-electron chi connectivity index (χ3n) is 4.79. The monoisotopic (exact) mass is 336 g/mol. The van der Waals surface area contributed by atoms with Crippen molar-refractivity contribution < 1.29 is 14.3 Å². The van der Waals surface area contributed by atoms with Gasteiger partial charge in [-0.3, -0.25) is 4.79 Å². The Bertz CT molecular complexity index is 611. The maximum atomic E-state index is 12.6. The molecule has 0 radical (unpaired) electrons. The van der Waals surface area contributed by atoms with Crippen molar-refractivity contribution in [2.45, 2.75) is 38.5 Å². The van der Waals surface area contributed by atoms with E-state index in [-0.39, 0.29) is 17.8 Å². The van der Waals surface area contributed by atoms with E-state index in [9.17, 15) is 9.59 Å². The molecular weight excluding hydrogens is 312 g/mol. The molecule has 0 saturated carbocycles. The average Bonchev–Trinajstić information content (AvgIpc) is 2.92. The topological polar surface area (TPSA) is 58.6 Å². The van der Waals surface area contributed by atoms with Crippen LogP contribution >= 0.6 is 11.3 Å². The molecule has 3 rings (SSSR count). The number of thiophene rings is 1. The lowest BCUT2D eigenvalue weighted by Gasteiger charge is -2.28. The number of piperidine rings is 1. The highest BCUT2D eigenvalue weighted by molar-refractivity contribution is 7.17. The molecule has 2 aliphatic rings. The van der Waals surface area contributed by atoms with E-state index in [1.54, 1.807) is 11.3 Å². The zero-order valence-electron chi connectivity index (χ0n) is 13.8. The van der Waals surface area contributed by atoms with Gasteiger partial charge in [0, 0.05) is 11.4 Å². The summed E-state index contributed by atoms with van der Waals surface area (Å²) in [5.41, 5.74) is 1.67. The van der Waals surface area contributed by atoms with Crippen LogP contribution in [0.25, 0.3) is 0 Å². The summed E-state index contributed by atoms with van der Waals surface area (Å²) in [6.45, 7) is 1.83. The first-order valence-electron chi connectivity index (χ1n) is 8.32. The molecule has 0 bridgehead atoms. The first-order chi connectivity index (χ1) is 11.1. The number of methoxy groups -OCH3 is 1. The van der Waals surface area contributed by atoms with E-state index in [1.807, 2.05) is 7.05 Å². The fraction of sp³-hybridized carbons (Fsp3) is 0.647. The number of anilines is 1. The van der Waals surface area contributed by atoms with Gasteiger partial charge in [-0.2, -0.15) is 0 Å². The Morgan fingerprint density at radius 2 is 2.04 bits per heavy atom. The minimum absolute atomic E-state index is 0.00150. The molecule has 1 aromatic rings. The number of hydrogen-bond donors (Lipinski definition) is 1. The number of ether oxygens (including phenoxy) is 1. The fourth-order valence-electron chi connectivity index (χ4n) is 3.57. The molecule has 1 fully saturated rings. The van der Waals surface area contributed by atoms with Crippen molar-refractivity contribution in [2.75, 3.05) is 32.6 Å². The van der Waals surface area contributed by atoms with Gasteiger partial charge < -0.3 is 15.0 Å². The lowest BCUT2D eigenvalue weighted by atomic mass is 9.95. The summed E-state index contributed by atoms with van der Waals surface area (Å²) in [5.74, 6) is -0.306. The van der Waals surface area contributed by atoms with Gasteiger partial charge in [-0.05, 0) is 57.7 Å². The second kappa shape index (κ2) is 7.01. The van der Waals surface area contributed by atoms with Crippen molar-refractivity contribution in [1.29, 1.82) is 0 Å². The molecule has 1 aliphatic carbocycles. The molecule has 23 heavy (non-hydrogen) atoms. The lowest BCUT2D eigenvalue weighted by Crippen LogP contribution is -2.38. The minimum atomic E-state index is -0.333. The summed E-state index contributed by atoms with van der Waals surface area (Å²) in [6, 6.07) is 0.